The standard InChI is InChI=1S/C26H35N3O5/c1-29-11-10-26(17-6-7-22(33-4)23(12-17)34-5)9-8-18(15-24(26)29)27-25(30)28-19-13-20(31-2)16-21(14-19)32-3/h6-7,12-14,16,18,24H,8-11,15H2,1-5H3,(H2,27,28,30)/t18-,24+,26-/m0/s1. The summed E-state index contributed by atoms with van der Waals surface area (Å²) >= 11 is 0. The number of methoxy groups -OCH3 is 4. The van der Waals surface area contributed by atoms with Gasteiger partial charge < -0.3 is 34.5 Å². The third kappa shape index (κ3) is 4.59. The van der Waals surface area contributed by atoms with Crippen LogP contribution in [0.4, 0.5) is 10.5 Å². The summed E-state index contributed by atoms with van der Waals surface area (Å²) in [4.78, 5) is 15.2. The topological polar surface area (TPSA) is 81.3 Å². The summed E-state index contributed by atoms with van der Waals surface area (Å²) in [6, 6.07) is 11.8. The molecular formula is C26H35N3O5. The number of carbonyl (C=O) groups excluding carboxylic acids is 1. The number of carbonyl (C=O) groups is 1. The van der Waals surface area contributed by atoms with E-state index in [0.717, 1.165) is 43.7 Å². The Hall–Kier alpha value is -3.13. The van der Waals surface area contributed by atoms with Crippen LogP contribution < -0.4 is 29.6 Å². The Balaban J connectivity index is 1.47. The highest BCUT2D eigenvalue weighted by Crippen LogP contribution is 2.49. The first-order chi connectivity index (χ1) is 16.4. The molecule has 1 aliphatic carbocycles. The number of rotatable bonds is 7. The molecule has 8 nitrogen and oxygen atoms in total. The van der Waals surface area contributed by atoms with E-state index in [1.165, 1.54) is 5.56 Å². The second-order valence-corrected chi connectivity index (χ2v) is 9.14. The number of hydrogen-bond acceptors (Lipinski definition) is 6. The number of urea groups is 1. The highest BCUT2D eigenvalue weighted by molar-refractivity contribution is 5.90. The minimum Gasteiger partial charge on any atom is -0.497 e. The van der Waals surface area contributed by atoms with Gasteiger partial charge in [-0.1, -0.05) is 6.07 Å². The number of likely N-dealkylation sites (tertiary alicyclic amines) is 1. The molecule has 0 spiro atoms. The molecule has 2 fully saturated rings. The van der Waals surface area contributed by atoms with Gasteiger partial charge in [-0.2, -0.15) is 0 Å². The van der Waals surface area contributed by atoms with Gasteiger partial charge in [0.15, 0.2) is 11.5 Å². The van der Waals surface area contributed by atoms with Crippen LogP contribution in [0.2, 0.25) is 0 Å². The van der Waals surface area contributed by atoms with E-state index in [1.54, 1.807) is 46.6 Å². The van der Waals surface area contributed by atoms with Crippen LogP contribution in [0.3, 0.4) is 0 Å². The molecule has 3 atom stereocenters. The van der Waals surface area contributed by atoms with Gasteiger partial charge in [-0.25, -0.2) is 4.79 Å². The average molecular weight is 470 g/mol. The molecule has 0 aromatic heterocycles. The van der Waals surface area contributed by atoms with Crippen molar-refractivity contribution in [2.24, 2.45) is 0 Å². The summed E-state index contributed by atoms with van der Waals surface area (Å²) in [6.07, 6.45) is 3.88. The normalized spacial score (nSPS) is 24.1. The summed E-state index contributed by atoms with van der Waals surface area (Å²) < 4.78 is 21.6. The predicted molar refractivity (Wildman–Crippen MR) is 132 cm³/mol. The van der Waals surface area contributed by atoms with Crippen LogP contribution in [0, 0.1) is 0 Å². The molecular weight excluding hydrogens is 434 g/mol. The predicted octanol–water partition coefficient (Wildman–Crippen LogP) is 4.04. The van der Waals surface area contributed by atoms with Crippen molar-refractivity contribution in [2.45, 2.75) is 43.2 Å². The van der Waals surface area contributed by atoms with Crippen LogP contribution in [0.25, 0.3) is 0 Å². The Morgan fingerprint density at radius 1 is 0.941 bits per heavy atom. The van der Waals surface area contributed by atoms with Gasteiger partial charge in [0.2, 0.25) is 0 Å². The van der Waals surface area contributed by atoms with Crippen LogP contribution in [-0.4, -0.2) is 65.0 Å². The van der Waals surface area contributed by atoms with Crippen LogP contribution in [0.1, 0.15) is 31.2 Å². The number of nitrogens with one attached hydrogen (secondary N) is 2. The lowest BCUT2D eigenvalue weighted by atomic mass is 9.65. The maximum absolute atomic E-state index is 12.8. The minimum absolute atomic E-state index is 0.0448. The van der Waals surface area contributed by atoms with Crippen molar-refractivity contribution in [3.8, 4) is 23.0 Å². The Bertz CT molecular complexity index is 1010. The molecule has 1 saturated carbocycles. The van der Waals surface area contributed by atoms with Crippen molar-refractivity contribution in [1.29, 1.82) is 0 Å². The molecule has 2 amide bonds. The third-order valence-electron chi connectivity index (χ3n) is 7.43. The molecule has 1 aliphatic heterocycles. The fourth-order valence-electron chi connectivity index (χ4n) is 5.63. The van der Waals surface area contributed by atoms with E-state index >= 15 is 0 Å². The molecule has 0 unspecified atom stereocenters. The van der Waals surface area contributed by atoms with Crippen molar-refractivity contribution in [3.05, 3.63) is 42.0 Å². The maximum Gasteiger partial charge on any atom is 0.319 e. The van der Waals surface area contributed by atoms with Crippen molar-refractivity contribution >= 4 is 11.7 Å². The molecule has 1 heterocycles. The molecule has 0 radical (unpaired) electrons. The number of anilines is 1. The van der Waals surface area contributed by atoms with Crippen LogP contribution in [-0.2, 0) is 5.41 Å². The molecule has 34 heavy (non-hydrogen) atoms. The van der Waals surface area contributed by atoms with Gasteiger partial charge in [0.1, 0.15) is 11.5 Å². The lowest BCUT2D eigenvalue weighted by Gasteiger charge is -2.45. The molecule has 1 saturated heterocycles. The molecule has 2 N–H and O–H groups in total. The van der Waals surface area contributed by atoms with Crippen molar-refractivity contribution in [1.82, 2.24) is 10.2 Å². The Kier molecular flexibility index (Phi) is 7.07. The monoisotopic (exact) mass is 469 g/mol. The molecule has 2 aromatic rings. The number of amides is 2. The van der Waals surface area contributed by atoms with Gasteiger partial charge in [0.25, 0.3) is 0 Å². The van der Waals surface area contributed by atoms with Crippen LogP contribution >= 0.6 is 0 Å². The van der Waals surface area contributed by atoms with E-state index in [1.807, 2.05) is 6.07 Å². The van der Waals surface area contributed by atoms with Gasteiger partial charge >= 0.3 is 6.03 Å². The first kappa shape index (κ1) is 24.0. The van der Waals surface area contributed by atoms with E-state index in [2.05, 4.69) is 34.7 Å². The number of ether oxygens (including phenoxy) is 4. The number of fused-ring (bicyclic) bond motifs is 1. The summed E-state index contributed by atoms with van der Waals surface area (Å²) in [6.45, 7) is 1.03. The lowest BCUT2D eigenvalue weighted by molar-refractivity contribution is 0.156. The summed E-state index contributed by atoms with van der Waals surface area (Å²) in [5, 5.41) is 6.11. The number of likely N-dealkylation sites (N-methyl/N-ethyl adjacent to an activating group) is 1. The largest absolute Gasteiger partial charge is 0.497 e. The number of nitrogens with zero attached hydrogens (tertiary/aromatic N) is 1. The number of hydrogen-bond donors (Lipinski definition) is 2. The number of benzene rings is 2. The maximum atomic E-state index is 12.8. The van der Waals surface area contributed by atoms with Gasteiger partial charge in [-0.15, -0.1) is 0 Å². The minimum atomic E-state index is -0.223. The second kappa shape index (κ2) is 10.0. The Morgan fingerprint density at radius 2 is 1.65 bits per heavy atom. The first-order valence-corrected chi connectivity index (χ1v) is 11.7. The van der Waals surface area contributed by atoms with Gasteiger partial charge in [0.05, 0.1) is 28.4 Å². The fourth-order valence-corrected chi connectivity index (χ4v) is 5.63. The summed E-state index contributed by atoms with van der Waals surface area (Å²) in [5.74, 6) is 2.75. The van der Waals surface area contributed by atoms with Crippen molar-refractivity contribution in [3.63, 3.8) is 0 Å². The molecule has 2 aliphatic rings. The van der Waals surface area contributed by atoms with Gasteiger partial charge in [-0.3, -0.25) is 0 Å². The van der Waals surface area contributed by atoms with E-state index in [-0.39, 0.29) is 17.5 Å². The first-order valence-electron chi connectivity index (χ1n) is 11.7. The smallest absolute Gasteiger partial charge is 0.319 e. The second-order valence-electron chi connectivity index (χ2n) is 9.14. The SMILES string of the molecule is COc1cc(NC(=O)N[C@H]2CC[C@@]3(c4ccc(OC)c(OC)c4)CCN(C)[C@@H]3C2)cc(OC)c1. The van der Waals surface area contributed by atoms with E-state index < -0.39 is 0 Å². The van der Waals surface area contributed by atoms with E-state index in [4.69, 9.17) is 18.9 Å². The van der Waals surface area contributed by atoms with Gasteiger partial charge in [-0.05, 0) is 57.0 Å². The fraction of sp³-hybridized carbons (Fsp3) is 0.500. The molecule has 4 rings (SSSR count). The highest BCUT2D eigenvalue weighted by atomic mass is 16.5. The highest BCUT2D eigenvalue weighted by Gasteiger charge is 2.50. The average Bonchev–Trinajstić information content (AvgIpc) is 3.20. The molecule has 2 aromatic carbocycles. The third-order valence-corrected chi connectivity index (χ3v) is 7.43. The van der Waals surface area contributed by atoms with Crippen molar-refractivity contribution in [2.75, 3.05) is 47.3 Å². The van der Waals surface area contributed by atoms with E-state index in [0.29, 0.717) is 23.2 Å². The quantitative estimate of drug-likeness (QED) is 0.637. The molecule has 0 bridgehead atoms. The summed E-state index contributed by atoms with van der Waals surface area (Å²) in [7, 11) is 8.69. The zero-order valence-corrected chi connectivity index (χ0v) is 20.6. The van der Waals surface area contributed by atoms with Crippen LogP contribution in [0.15, 0.2) is 36.4 Å². The van der Waals surface area contributed by atoms with E-state index in [9.17, 15) is 4.79 Å². The Morgan fingerprint density at radius 3 is 2.29 bits per heavy atom. The zero-order chi connectivity index (χ0) is 24.3. The Labute approximate surface area is 201 Å². The molecule has 8 heteroatoms. The lowest BCUT2D eigenvalue weighted by Crippen LogP contribution is -2.52. The zero-order valence-electron chi connectivity index (χ0n) is 20.6. The molecule has 184 valence electrons. The van der Waals surface area contributed by atoms with Crippen molar-refractivity contribution < 1.29 is 23.7 Å². The summed E-state index contributed by atoms with van der Waals surface area (Å²) in [5.41, 5.74) is 1.95. The van der Waals surface area contributed by atoms with Gasteiger partial charge in [0, 0.05) is 41.4 Å². The van der Waals surface area contributed by atoms with Crippen LogP contribution in [0.5, 0.6) is 23.0 Å².